The minimum Gasteiger partial charge on any atom is -0.356 e. The van der Waals surface area contributed by atoms with Crippen LogP contribution in [0.3, 0.4) is 0 Å². The summed E-state index contributed by atoms with van der Waals surface area (Å²) in [5.74, 6) is -0.552. The van der Waals surface area contributed by atoms with Crippen molar-refractivity contribution in [2.24, 2.45) is 5.16 Å². The first-order chi connectivity index (χ1) is 10.9. The molecule has 9 heteroatoms. The number of hydrogen-bond acceptors (Lipinski definition) is 6. The quantitative estimate of drug-likeness (QED) is 0.476. The van der Waals surface area contributed by atoms with E-state index >= 15 is 0 Å². The van der Waals surface area contributed by atoms with Crippen LogP contribution in [0.2, 0.25) is 0 Å². The van der Waals surface area contributed by atoms with E-state index in [9.17, 15) is 24.6 Å². The zero-order chi connectivity index (χ0) is 17.0. The average Bonchev–Trinajstić information content (AvgIpc) is 2.52. The van der Waals surface area contributed by atoms with Gasteiger partial charge in [0.15, 0.2) is 5.75 Å². The summed E-state index contributed by atoms with van der Waals surface area (Å²) < 4.78 is 12.8. The molecule has 0 aliphatic rings. The average molecular weight is 319 g/mol. The van der Waals surface area contributed by atoms with Crippen LogP contribution in [0.4, 0.5) is 15.8 Å². The summed E-state index contributed by atoms with van der Waals surface area (Å²) in [6, 6.07) is 8.31. The molecule has 0 saturated carbocycles. The number of oxime groups is 1. The molecule has 0 saturated heterocycles. The van der Waals surface area contributed by atoms with Crippen molar-refractivity contribution >= 4 is 17.1 Å². The molecule has 0 aliphatic carbocycles. The Kier molecular flexibility index (Phi) is 4.60. The molecule has 0 bridgehead atoms. The molecule has 118 valence electrons. The Labute approximate surface area is 129 Å². The first-order valence-electron chi connectivity index (χ1n) is 6.28. The van der Waals surface area contributed by atoms with Crippen LogP contribution < -0.4 is 4.84 Å². The molecule has 23 heavy (non-hydrogen) atoms. The molecule has 2 rings (SSSR count). The molecule has 2 aromatic carbocycles. The molecular weight excluding hydrogens is 309 g/mol. The highest BCUT2D eigenvalue weighted by molar-refractivity contribution is 5.98. The van der Waals surface area contributed by atoms with Crippen LogP contribution in [0.1, 0.15) is 12.5 Å². The second kappa shape index (κ2) is 6.60. The fourth-order valence-electron chi connectivity index (χ4n) is 1.70. The van der Waals surface area contributed by atoms with Gasteiger partial charge in [-0.3, -0.25) is 20.2 Å². The molecule has 0 N–H and O–H groups in total. The summed E-state index contributed by atoms with van der Waals surface area (Å²) in [6.45, 7) is 1.58. The topological polar surface area (TPSA) is 108 Å². The summed E-state index contributed by atoms with van der Waals surface area (Å²) in [5.41, 5.74) is -0.0156. The van der Waals surface area contributed by atoms with Crippen molar-refractivity contribution in [3.63, 3.8) is 0 Å². The van der Waals surface area contributed by atoms with E-state index in [1.807, 2.05) is 0 Å². The van der Waals surface area contributed by atoms with E-state index < -0.39 is 27.0 Å². The number of halogens is 1. The van der Waals surface area contributed by atoms with Gasteiger partial charge in [0.25, 0.3) is 11.4 Å². The minimum absolute atomic E-state index is 0.146. The molecule has 0 aromatic heterocycles. The van der Waals surface area contributed by atoms with Gasteiger partial charge in [-0.2, -0.15) is 0 Å². The van der Waals surface area contributed by atoms with Gasteiger partial charge in [0.2, 0.25) is 0 Å². The van der Waals surface area contributed by atoms with Gasteiger partial charge < -0.3 is 4.84 Å². The molecular formula is C14H10FN3O5. The fraction of sp³-hybridized carbons (Fsp3) is 0.0714. The minimum atomic E-state index is -0.767. The van der Waals surface area contributed by atoms with Gasteiger partial charge in [-0.15, -0.1) is 0 Å². The Hall–Kier alpha value is -3.36. The lowest BCUT2D eigenvalue weighted by atomic mass is 10.1. The standard InChI is InChI=1S/C14H10FN3O5/c1-9(10-2-4-11(15)5-3-10)16-23-14-7-12(17(19)20)6-13(8-14)18(21)22/h2-8H,1H3/b16-9+. The van der Waals surface area contributed by atoms with Crippen molar-refractivity contribution < 1.29 is 19.1 Å². The van der Waals surface area contributed by atoms with Crippen molar-refractivity contribution in [3.05, 3.63) is 74.1 Å². The Bertz CT molecular complexity index is 757. The SMILES string of the molecule is C/C(=N\Oc1cc([N+](=O)[O-])cc([N+](=O)[O-])c1)c1ccc(F)cc1. The monoisotopic (exact) mass is 319 g/mol. The Morgan fingerprint density at radius 3 is 2.04 bits per heavy atom. The van der Waals surface area contributed by atoms with Gasteiger partial charge in [-0.05, 0) is 24.6 Å². The molecule has 2 aromatic rings. The Morgan fingerprint density at radius 1 is 1.04 bits per heavy atom. The molecule has 0 atom stereocenters. The van der Waals surface area contributed by atoms with Crippen LogP contribution in [0.15, 0.2) is 47.6 Å². The molecule has 0 unspecified atom stereocenters. The van der Waals surface area contributed by atoms with E-state index in [1.165, 1.54) is 24.3 Å². The van der Waals surface area contributed by atoms with Crippen molar-refractivity contribution in [3.8, 4) is 5.75 Å². The maximum atomic E-state index is 12.8. The second-order valence-electron chi connectivity index (χ2n) is 4.47. The van der Waals surface area contributed by atoms with E-state index in [4.69, 9.17) is 4.84 Å². The summed E-state index contributed by atoms with van der Waals surface area (Å²) >= 11 is 0. The first kappa shape index (κ1) is 16.0. The van der Waals surface area contributed by atoms with Gasteiger partial charge in [-0.25, -0.2) is 4.39 Å². The highest BCUT2D eigenvalue weighted by atomic mass is 19.1. The molecule has 0 heterocycles. The van der Waals surface area contributed by atoms with Crippen LogP contribution in [0.25, 0.3) is 0 Å². The van der Waals surface area contributed by atoms with Crippen molar-refractivity contribution in [2.75, 3.05) is 0 Å². The molecule has 0 amide bonds. The largest absolute Gasteiger partial charge is 0.356 e. The lowest BCUT2D eigenvalue weighted by Crippen LogP contribution is -1.99. The van der Waals surface area contributed by atoms with Crippen LogP contribution >= 0.6 is 0 Å². The Balaban J connectivity index is 2.28. The predicted molar refractivity (Wildman–Crippen MR) is 79.0 cm³/mol. The van der Waals surface area contributed by atoms with Crippen LogP contribution in [-0.2, 0) is 0 Å². The van der Waals surface area contributed by atoms with Gasteiger partial charge in [0.05, 0.1) is 33.8 Å². The van der Waals surface area contributed by atoms with Crippen molar-refractivity contribution in [2.45, 2.75) is 6.92 Å². The number of rotatable bonds is 5. The maximum absolute atomic E-state index is 12.8. The highest BCUT2D eigenvalue weighted by Crippen LogP contribution is 2.27. The molecule has 0 radical (unpaired) electrons. The van der Waals surface area contributed by atoms with Crippen LogP contribution in [0, 0.1) is 26.0 Å². The molecule has 0 spiro atoms. The van der Waals surface area contributed by atoms with Crippen LogP contribution in [-0.4, -0.2) is 15.6 Å². The van der Waals surface area contributed by atoms with E-state index in [2.05, 4.69) is 5.16 Å². The smallest absolute Gasteiger partial charge is 0.280 e. The third-order valence-corrected chi connectivity index (χ3v) is 2.85. The number of nitro groups is 2. The summed E-state index contributed by atoms with van der Waals surface area (Å²) in [7, 11) is 0. The first-order valence-corrected chi connectivity index (χ1v) is 6.28. The molecule has 8 nitrogen and oxygen atoms in total. The number of benzene rings is 2. The van der Waals surface area contributed by atoms with Gasteiger partial charge in [-0.1, -0.05) is 17.3 Å². The highest BCUT2D eigenvalue weighted by Gasteiger charge is 2.17. The van der Waals surface area contributed by atoms with Gasteiger partial charge in [0, 0.05) is 0 Å². The van der Waals surface area contributed by atoms with Crippen molar-refractivity contribution in [1.29, 1.82) is 0 Å². The zero-order valence-electron chi connectivity index (χ0n) is 11.8. The number of nitro benzene ring substituents is 2. The fourth-order valence-corrected chi connectivity index (χ4v) is 1.70. The maximum Gasteiger partial charge on any atom is 0.280 e. The van der Waals surface area contributed by atoms with Crippen LogP contribution in [0.5, 0.6) is 5.75 Å². The number of hydrogen-bond donors (Lipinski definition) is 0. The number of non-ortho nitro benzene ring substituents is 2. The lowest BCUT2D eigenvalue weighted by Gasteiger charge is -2.02. The van der Waals surface area contributed by atoms with Crippen molar-refractivity contribution in [1.82, 2.24) is 0 Å². The summed E-state index contributed by atoms with van der Waals surface area (Å²) in [4.78, 5) is 25.0. The number of nitrogens with zero attached hydrogens (tertiary/aromatic N) is 3. The molecule has 0 fully saturated rings. The van der Waals surface area contributed by atoms with E-state index in [0.29, 0.717) is 11.3 Å². The van der Waals surface area contributed by atoms with E-state index in [-0.39, 0.29) is 5.75 Å². The second-order valence-corrected chi connectivity index (χ2v) is 4.47. The third-order valence-electron chi connectivity index (χ3n) is 2.85. The summed E-state index contributed by atoms with van der Waals surface area (Å²) in [6.07, 6.45) is 0. The Morgan fingerprint density at radius 2 is 1.57 bits per heavy atom. The molecule has 0 aliphatic heterocycles. The van der Waals surface area contributed by atoms with Gasteiger partial charge >= 0.3 is 0 Å². The lowest BCUT2D eigenvalue weighted by molar-refractivity contribution is -0.394. The predicted octanol–water partition coefficient (Wildman–Crippen LogP) is 3.45. The zero-order valence-corrected chi connectivity index (χ0v) is 11.8. The summed E-state index contributed by atoms with van der Waals surface area (Å²) in [5, 5.41) is 25.3. The van der Waals surface area contributed by atoms with E-state index in [0.717, 1.165) is 18.2 Å². The van der Waals surface area contributed by atoms with Gasteiger partial charge in [0.1, 0.15) is 5.82 Å². The third kappa shape index (κ3) is 4.06. The van der Waals surface area contributed by atoms with E-state index in [1.54, 1.807) is 6.92 Å². The normalized spacial score (nSPS) is 11.1.